The second-order valence-corrected chi connectivity index (χ2v) is 5.20. The molecule has 0 amide bonds. The van der Waals surface area contributed by atoms with Gasteiger partial charge in [0.2, 0.25) is 0 Å². The Labute approximate surface area is 104 Å². The van der Waals surface area contributed by atoms with Crippen molar-refractivity contribution < 1.29 is 18.3 Å². The number of ether oxygens (including phenoxy) is 2. The average molecular weight is 255 g/mol. The quantitative estimate of drug-likeness (QED) is 0.894. The van der Waals surface area contributed by atoms with Gasteiger partial charge in [0.25, 0.3) is 0 Å². The number of nitrogens with two attached hydrogens (primary N) is 1. The van der Waals surface area contributed by atoms with Gasteiger partial charge in [-0.1, -0.05) is 0 Å². The minimum atomic E-state index is -0.579. The lowest BCUT2D eigenvalue weighted by Gasteiger charge is -2.47. The molecule has 0 radical (unpaired) electrons. The van der Waals surface area contributed by atoms with Crippen LogP contribution in [-0.4, -0.2) is 25.9 Å². The van der Waals surface area contributed by atoms with Crippen LogP contribution >= 0.6 is 0 Å². The molecule has 18 heavy (non-hydrogen) atoms. The van der Waals surface area contributed by atoms with Gasteiger partial charge in [0.05, 0.1) is 25.7 Å². The number of rotatable bonds is 3. The van der Waals surface area contributed by atoms with Crippen LogP contribution < -0.4 is 10.5 Å². The Kier molecular flexibility index (Phi) is 2.40. The highest BCUT2D eigenvalue weighted by atomic mass is 19.1. The second kappa shape index (κ2) is 3.65. The van der Waals surface area contributed by atoms with E-state index in [2.05, 4.69) is 0 Å². The maximum Gasteiger partial charge on any atom is 0.165 e. The molecule has 2 fully saturated rings. The van der Waals surface area contributed by atoms with Crippen LogP contribution in [0.4, 0.5) is 8.78 Å². The first-order chi connectivity index (χ1) is 8.52. The van der Waals surface area contributed by atoms with Gasteiger partial charge in [0.15, 0.2) is 11.6 Å². The van der Waals surface area contributed by atoms with Crippen molar-refractivity contribution >= 4 is 0 Å². The molecular weight excluding hydrogens is 240 g/mol. The van der Waals surface area contributed by atoms with E-state index < -0.39 is 22.6 Å². The molecule has 1 aromatic carbocycles. The number of benzene rings is 1. The maximum atomic E-state index is 14.1. The zero-order valence-corrected chi connectivity index (χ0v) is 10.1. The molecule has 5 heteroatoms. The standard InChI is InChI=1S/C13H15F2NO2/c1-17-11-5-9(14)8(4-10(11)15)12(6-18-7-12)13(16)2-3-13/h4-5H,2-3,6-7,16H2,1H3. The predicted octanol–water partition coefficient (Wildman–Crippen LogP) is 1.73. The Balaban J connectivity index is 2.09. The van der Waals surface area contributed by atoms with E-state index in [9.17, 15) is 8.78 Å². The SMILES string of the molecule is COc1cc(F)c(C2(C3(N)CC3)COC2)cc1F. The van der Waals surface area contributed by atoms with Gasteiger partial charge < -0.3 is 15.2 Å². The molecule has 1 aliphatic heterocycles. The Hall–Kier alpha value is -1.20. The van der Waals surface area contributed by atoms with Crippen molar-refractivity contribution in [1.29, 1.82) is 0 Å². The molecule has 1 aliphatic carbocycles. The summed E-state index contributed by atoms with van der Waals surface area (Å²) in [7, 11) is 1.31. The molecule has 2 N–H and O–H groups in total. The van der Waals surface area contributed by atoms with Gasteiger partial charge in [-0.25, -0.2) is 8.78 Å². The summed E-state index contributed by atoms with van der Waals surface area (Å²) in [6, 6.07) is 2.28. The fourth-order valence-electron chi connectivity index (χ4n) is 2.68. The number of halogens is 2. The van der Waals surface area contributed by atoms with Gasteiger partial charge in [0.1, 0.15) is 5.82 Å². The number of hydrogen-bond donors (Lipinski definition) is 1. The Morgan fingerprint density at radius 3 is 2.33 bits per heavy atom. The van der Waals surface area contributed by atoms with Crippen molar-refractivity contribution in [2.24, 2.45) is 5.73 Å². The highest BCUT2D eigenvalue weighted by Gasteiger charge is 2.62. The van der Waals surface area contributed by atoms with E-state index in [0.29, 0.717) is 18.8 Å². The van der Waals surface area contributed by atoms with Crippen molar-refractivity contribution in [2.45, 2.75) is 23.8 Å². The van der Waals surface area contributed by atoms with Crippen LogP contribution in [0.2, 0.25) is 0 Å². The van der Waals surface area contributed by atoms with Crippen LogP contribution in [0.5, 0.6) is 5.75 Å². The molecule has 3 nitrogen and oxygen atoms in total. The van der Waals surface area contributed by atoms with E-state index in [1.165, 1.54) is 13.2 Å². The van der Waals surface area contributed by atoms with E-state index in [1.807, 2.05) is 0 Å². The maximum absolute atomic E-state index is 14.1. The fraction of sp³-hybridized carbons (Fsp3) is 0.538. The molecule has 1 heterocycles. The van der Waals surface area contributed by atoms with E-state index in [0.717, 1.165) is 18.9 Å². The first kappa shape index (κ1) is 11.9. The summed E-state index contributed by atoms with van der Waals surface area (Å²) in [5, 5.41) is 0. The van der Waals surface area contributed by atoms with E-state index in [1.54, 1.807) is 0 Å². The van der Waals surface area contributed by atoms with Crippen LogP contribution in [0.25, 0.3) is 0 Å². The monoisotopic (exact) mass is 255 g/mol. The highest BCUT2D eigenvalue weighted by Crippen LogP contribution is 2.54. The van der Waals surface area contributed by atoms with Crippen molar-refractivity contribution in [3.63, 3.8) is 0 Å². The summed E-state index contributed by atoms with van der Waals surface area (Å²) in [5.41, 5.74) is 5.49. The molecule has 0 atom stereocenters. The van der Waals surface area contributed by atoms with Crippen molar-refractivity contribution in [3.05, 3.63) is 29.3 Å². The zero-order chi connectivity index (χ0) is 13.0. The molecule has 0 spiro atoms. The molecule has 0 aromatic heterocycles. The number of methoxy groups -OCH3 is 1. The first-order valence-corrected chi connectivity index (χ1v) is 5.93. The van der Waals surface area contributed by atoms with Crippen molar-refractivity contribution in [3.8, 4) is 5.75 Å². The number of hydrogen-bond acceptors (Lipinski definition) is 3. The van der Waals surface area contributed by atoms with E-state index in [-0.39, 0.29) is 5.75 Å². The third kappa shape index (κ3) is 1.40. The molecule has 0 unspecified atom stereocenters. The normalized spacial score (nSPS) is 23.3. The van der Waals surface area contributed by atoms with Crippen LogP contribution in [0.1, 0.15) is 18.4 Å². The molecule has 98 valence electrons. The van der Waals surface area contributed by atoms with Crippen LogP contribution in [0.3, 0.4) is 0 Å². The Morgan fingerprint density at radius 2 is 1.89 bits per heavy atom. The van der Waals surface area contributed by atoms with Gasteiger partial charge in [-0.15, -0.1) is 0 Å². The summed E-state index contributed by atoms with van der Waals surface area (Å²) in [5.74, 6) is -1.13. The minimum absolute atomic E-state index is 0.0893. The molecule has 0 bridgehead atoms. The summed E-state index contributed by atoms with van der Waals surface area (Å²) in [6.07, 6.45) is 1.65. The minimum Gasteiger partial charge on any atom is -0.494 e. The van der Waals surface area contributed by atoms with Gasteiger partial charge in [-0.2, -0.15) is 0 Å². The Morgan fingerprint density at radius 1 is 1.22 bits per heavy atom. The fourth-order valence-corrected chi connectivity index (χ4v) is 2.68. The molecule has 1 aromatic rings. The topological polar surface area (TPSA) is 44.5 Å². The van der Waals surface area contributed by atoms with Crippen LogP contribution in [0.15, 0.2) is 12.1 Å². The lowest BCUT2D eigenvalue weighted by molar-refractivity contribution is -0.0803. The van der Waals surface area contributed by atoms with E-state index >= 15 is 0 Å². The summed E-state index contributed by atoms with van der Waals surface area (Å²) in [4.78, 5) is 0. The third-order valence-corrected chi connectivity index (χ3v) is 4.20. The van der Waals surface area contributed by atoms with Crippen molar-refractivity contribution in [2.75, 3.05) is 20.3 Å². The lowest BCUT2D eigenvalue weighted by atomic mass is 9.70. The first-order valence-electron chi connectivity index (χ1n) is 5.93. The average Bonchev–Trinajstić information content (AvgIpc) is 3.00. The van der Waals surface area contributed by atoms with Crippen LogP contribution in [0, 0.1) is 11.6 Å². The second-order valence-electron chi connectivity index (χ2n) is 5.20. The lowest BCUT2D eigenvalue weighted by Crippen LogP contribution is -2.61. The third-order valence-electron chi connectivity index (χ3n) is 4.20. The predicted molar refractivity (Wildman–Crippen MR) is 61.6 cm³/mol. The van der Waals surface area contributed by atoms with Crippen LogP contribution in [-0.2, 0) is 10.2 Å². The molecule has 2 aliphatic rings. The van der Waals surface area contributed by atoms with Gasteiger partial charge >= 0.3 is 0 Å². The van der Waals surface area contributed by atoms with Crippen molar-refractivity contribution in [1.82, 2.24) is 0 Å². The van der Waals surface area contributed by atoms with Gasteiger partial charge in [-0.05, 0) is 18.9 Å². The van der Waals surface area contributed by atoms with E-state index in [4.69, 9.17) is 15.2 Å². The molecular formula is C13H15F2NO2. The largest absolute Gasteiger partial charge is 0.494 e. The molecule has 1 saturated heterocycles. The Bertz CT molecular complexity index is 496. The summed E-state index contributed by atoms with van der Waals surface area (Å²) < 4.78 is 37.9. The summed E-state index contributed by atoms with van der Waals surface area (Å²) in [6.45, 7) is 0.707. The molecule has 1 saturated carbocycles. The van der Waals surface area contributed by atoms with Gasteiger partial charge in [0, 0.05) is 17.2 Å². The molecule has 3 rings (SSSR count). The zero-order valence-electron chi connectivity index (χ0n) is 10.1. The van der Waals surface area contributed by atoms with Gasteiger partial charge in [-0.3, -0.25) is 0 Å². The summed E-state index contributed by atoms with van der Waals surface area (Å²) >= 11 is 0. The highest BCUT2D eigenvalue weighted by molar-refractivity contribution is 5.42. The smallest absolute Gasteiger partial charge is 0.165 e.